The summed E-state index contributed by atoms with van der Waals surface area (Å²) in [5.41, 5.74) is 8.23. The zero-order valence-corrected chi connectivity index (χ0v) is 17.8. The molecule has 32 heavy (non-hydrogen) atoms. The Morgan fingerprint density at radius 2 is 1.88 bits per heavy atom. The van der Waals surface area contributed by atoms with E-state index in [1.807, 2.05) is 41.3 Å². The molecule has 1 aromatic heterocycles. The zero-order chi connectivity index (χ0) is 22.3. The third-order valence-electron chi connectivity index (χ3n) is 5.64. The van der Waals surface area contributed by atoms with Gasteiger partial charge in [-0.1, -0.05) is 30.3 Å². The predicted octanol–water partition coefficient (Wildman–Crippen LogP) is 3.42. The first-order chi connectivity index (χ1) is 15.6. The molecule has 2 amide bonds. The average Bonchev–Trinajstić information content (AvgIpc) is 2.85. The van der Waals surface area contributed by atoms with Crippen LogP contribution in [-0.4, -0.2) is 46.4 Å². The molecule has 0 radical (unpaired) electrons. The van der Waals surface area contributed by atoms with E-state index < -0.39 is 5.91 Å². The number of amides is 2. The van der Waals surface area contributed by atoms with Crippen molar-refractivity contribution in [3.63, 3.8) is 0 Å². The Hall–Kier alpha value is -3.74. The molecule has 1 fully saturated rings. The third-order valence-corrected chi connectivity index (χ3v) is 5.64. The second kappa shape index (κ2) is 10.0. The van der Waals surface area contributed by atoms with Crippen molar-refractivity contribution in [2.75, 3.05) is 19.7 Å². The van der Waals surface area contributed by atoms with Crippen LogP contribution in [0.1, 0.15) is 41.2 Å². The Morgan fingerprint density at radius 3 is 2.69 bits per heavy atom. The maximum Gasteiger partial charge on any atom is 0.248 e. The highest BCUT2D eigenvalue weighted by Crippen LogP contribution is 2.32. The number of ether oxygens (including phenoxy) is 1. The maximum atomic E-state index is 12.8. The summed E-state index contributed by atoms with van der Waals surface area (Å²) in [7, 11) is 0. The summed E-state index contributed by atoms with van der Waals surface area (Å²) in [5.74, 6) is 0.430. The molecule has 2 N–H and O–H groups in total. The van der Waals surface area contributed by atoms with Gasteiger partial charge in [0.05, 0.1) is 24.4 Å². The molecule has 0 unspecified atom stereocenters. The number of hydrogen-bond donors (Lipinski definition) is 1. The summed E-state index contributed by atoms with van der Waals surface area (Å²) in [5, 5.41) is 0. The van der Waals surface area contributed by atoms with Gasteiger partial charge in [-0.3, -0.25) is 19.6 Å². The maximum absolute atomic E-state index is 12.8. The van der Waals surface area contributed by atoms with Crippen molar-refractivity contribution < 1.29 is 14.3 Å². The molecule has 1 atom stereocenters. The van der Waals surface area contributed by atoms with Crippen LogP contribution in [0.3, 0.4) is 0 Å². The van der Waals surface area contributed by atoms with Gasteiger partial charge in [0.25, 0.3) is 0 Å². The molecule has 7 nitrogen and oxygen atoms in total. The number of para-hydroxylation sites is 1. The van der Waals surface area contributed by atoms with Gasteiger partial charge in [0, 0.05) is 42.5 Å². The smallest absolute Gasteiger partial charge is 0.248 e. The first kappa shape index (κ1) is 21.5. The number of aromatic nitrogens is 2. The van der Waals surface area contributed by atoms with Crippen LogP contribution in [0.2, 0.25) is 0 Å². The number of nitrogens with two attached hydrogens (primary N) is 1. The predicted molar refractivity (Wildman–Crippen MR) is 121 cm³/mol. The van der Waals surface area contributed by atoms with E-state index in [4.69, 9.17) is 10.5 Å². The zero-order valence-electron chi connectivity index (χ0n) is 17.8. The van der Waals surface area contributed by atoms with Crippen molar-refractivity contribution in [1.82, 2.24) is 14.9 Å². The van der Waals surface area contributed by atoms with Crippen molar-refractivity contribution in [1.29, 1.82) is 0 Å². The van der Waals surface area contributed by atoms with E-state index in [2.05, 4.69) is 9.97 Å². The van der Waals surface area contributed by atoms with Crippen LogP contribution in [-0.2, 0) is 4.79 Å². The Bertz CT molecular complexity index is 1090. The van der Waals surface area contributed by atoms with E-state index in [0.717, 1.165) is 42.1 Å². The molecule has 7 heteroatoms. The fraction of sp³-hybridized carbons (Fsp3) is 0.280. The largest absolute Gasteiger partial charge is 0.493 e. The van der Waals surface area contributed by atoms with Gasteiger partial charge in [-0.25, -0.2) is 0 Å². The molecule has 1 saturated heterocycles. The van der Waals surface area contributed by atoms with E-state index in [1.165, 1.54) is 0 Å². The lowest BCUT2D eigenvalue weighted by Crippen LogP contribution is -2.40. The number of carbonyl (C=O) groups excluding carboxylic acids is 2. The topological polar surface area (TPSA) is 98.4 Å². The lowest BCUT2D eigenvalue weighted by Gasteiger charge is -2.33. The molecule has 0 saturated carbocycles. The van der Waals surface area contributed by atoms with Gasteiger partial charge in [-0.15, -0.1) is 0 Å². The fourth-order valence-corrected chi connectivity index (χ4v) is 4.05. The summed E-state index contributed by atoms with van der Waals surface area (Å²) in [6.45, 7) is 1.67. The molecule has 164 valence electrons. The van der Waals surface area contributed by atoms with Gasteiger partial charge in [0.1, 0.15) is 5.75 Å². The van der Waals surface area contributed by atoms with Crippen molar-refractivity contribution in [2.45, 2.75) is 25.2 Å². The molecule has 2 aromatic carbocycles. The van der Waals surface area contributed by atoms with Crippen LogP contribution in [0.4, 0.5) is 0 Å². The highest BCUT2D eigenvalue weighted by Gasteiger charge is 2.28. The van der Waals surface area contributed by atoms with Crippen LogP contribution in [0.25, 0.3) is 11.3 Å². The van der Waals surface area contributed by atoms with E-state index in [-0.39, 0.29) is 11.8 Å². The van der Waals surface area contributed by atoms with E-state index >= 15 is 0 Å². The van der Waals surface area contributed by atoms with Gasteiger partial charge >= 0.3 is 0 Å². The first-order valence-electron chi connectivity index (χ1n) is 10.8. The number of hydrogen-bond acceptors (Lipinski definition) is 5. The molecule has 2 heterocycles. The minimum absolute atomic E-state index is 0.0728. The van der Waals surface area contributed by atoms with Gasteiger partial charge in [-0.2, -0.15) is 0 Å². The van der Waals surface area contributed by atoms with E-state index in [1.54, 1.807) is 30.6 Å². The molecule has 1 aliphatic rings. The average molecular weight is 431 g/mol. The second-order valence-electron chi connectivity index (χ2n) is 7.83. The van der Waals surface area contributed by atoms with Gasteiger partial charge in [0.15, 0.2) is 0 Å². The third kappa shape index (κ3) is 5.11. The summed E-state index contributed by atoms with van der Waals surface area (Å²) < 4.78 is 5.68. The summed E-state index contributed by atoms with van der Waals surface area (Å²) in [6, 6.07) is 16.6. The standard InChI is InChI=1S/C25H26N4O3/c26-25(31)19-7-4-6-18(16-19)23-24(28-13-12-27-23)20-8-5-14-29(17-20)22(30)11-15-32-21-9-2-1-3-10-21/h1-4,6-7,9-10,12-13,16,20H,5,8,11,14-15,17H2,(H2,26,31)/t20-/m0/s1. The van der Waals surface area contributed by atoms with Crippen LogP contribution in [0.15, 0.2) is 67.0 Å². The first-order valence-corrected chi connectivity index (χ1v) is 10.8. The molecule has 0 bridgehead atoms. The summed E-state index contributed by atoms with van der Waals surface area (Å²) in [4.78, 5) is 35.4. The molecular weight excluding hydrogens is 404 g/mol. The number of piperidine rings is 1. The van der Waals surface area contributed by atoms with Gasteiger partial charge < -0.3 is 15.4 Å². The second-order valence-corrected chi connectivity index (χ2v) is 7.83. The Morgan fingerprint density at radius 1 is 1.06 bits per heavy atom. The van der Waals surface area contributed by atoms with E-state index in [0.29, 0.717) is 25.1 Å². The normalized spacial score (nSPS) is 15.9. The SMILES string of the molecule is NC(=O)c1cccc(-c2nccnc2[C@H]2CCCN(C(=O)CCOc3ccccc3)C2)c1. The number of primary amides is 1. The molecule has 3 aromatic rings. The lowest BCUT2D eigenvalue weighted by atomic mass is 9.91. The van der Waals surface area contributed by atoms with Crippen molar-refractivity contribution >= 4 is 11.8 Å². The Kier molecular flexibility index (Phi) is 6.75. The van der Waals surface area contributed by atoms with Crippen molar-refractivity contribution in [3.8, 4) is 17.0 Å². The summed E-state index contributed by atoms with van der Waals surface area (Å²) in [6.07, 6.45) is 5.46. The van der Waals surface area contributed by atoms with Gasteiger partial charge in [0.2, 0.25) is 11.8 Å². The number of carbonyl (C=O) groups is 2. The molecule has 0 spiro atoms. The number of benzene rings is 2. The number of rotatable bonds is 7. The Balaban J connectivity index is 1.45. The molecule has 0 aliphatic carbocycles. The monoisotopic (exact) mass is 430 g/mol. The van der Waals surface area contributed by atoms with Crippen molar-refractivity contribution in [3.05, 3.63) is 78.2 Å². The minimum atomic E-state index is -0.482. The van der Waals surface area contributed by atoms with Crippen LogP contribution in [0, 0.1) is 0 Å². The highest BCUT2D eigenvalue weighted by atomic mass is 16.5. The number of likely N-dealkylation sites (tertiary alicyclic amines) is 1. The lowest BCUT2D eigenvalue weighted by molar-refractivity contribution is -0.132. The highest BCUT2D eigenvalue weighted by molar-refractivity contribution is 5.94. The molecule has 4 rings (SSSR count). The van der Waals surface area contributed by atoms with Crippen LogP contribution < -0.4 is 10.5 Å². The van der Waals surface area contributed by atoms with Crippen LogP contribution in [0.5, 0.6) is 5.75 Å². The van der Waals surface area contributed by atoms with Crippen LogP contribution >= 0.6 is 0 Å². The quantitative estimate of drug-likeness (QED) is 0.619. The fourth-order valence-electron chi connectivity index (χ4n) is 4.05. The summed E-state index contributed by atoms with van der Waals surface area (Å²) >= 11 is 0. The Labute approximate surface area is 187 Å². The molecule has 1 aliphatic heterocycles. The molecular formula is C25H26N4O3. The van der Waals surface area contributed by atoms with Crippen molar-refractivity contribution in [2.24, 2.45) is 5.73 Å². The van der Waals surface area contributed by atoms with E-state index in [9.17, 15) is 9.59 Å². The number of nitrogens with zero attached hydrogens (tertiary/aromatic N) is 3. The van der Waals surface area contributed by atoms with Gasteiger partial charge in [-0.05, 0) is 37.1 Å². The minimum Gasteiger partial charge on any atom is -0.493 e.